The minimum atomic E-state index is -0.377. The first-order valence-corrected chi connectivity index (χ1v) is 7.79. The Balaban J connectivity index is 2.08. The predicted molar refractivity (Wildman–Crippen MR) is 72.5 cm³/mol. The maximum Gasteiger partial charge on any atom is 0.236 e. The molecule has 0 saturated heterocycles. The number of ether oxygens (including phenoxy) is 1. The summed E-state index contributed by atoms with van der Waals surface area (Å²) < 4.78 is 11.0. The topological polar surface area (TPSA) is 71.9 Å². The van der Waals surface area contributed by atoms with Crippen LogP contribution in [-0.4, -0.2) is 23.0 Å². The number of aromatic nitrogens is 2. The number of nitrogens with zero attached hydrogens (tertiary/aromatic N) is 3. The van der Waals surface area contributed by atoms with Gasteiger partial charge in [0.25, 0.3) is 0 Å². The lowest BCUT2D eigenvalue weighted by molar-refractivity contribution is -0.0365. The van der Waals surface area contributed by atoms with Gasteiger partial charge in [0.05, 0.1) is 17.6 Å². The maximum atomic E-state index is 8.51. The van der Waals surface area contributed by atoms with Crippen molar-refractivity contribution in [1.29, 1.82) is 5.26 Å². The molecule has 5 nitrogen and oxygen atoms in total. The van der Waals surface area contributed by atoms with Crippen LogP contribution >= 0.6 is 11.8 Å². The Bertz CT molecular complexity index is 433. The summed E-state index contributed by atoms with van der Waals surface area (Å²) in [4.78, 5) is 4.46. The van der Waals surface area contributed by atoms with Crippen LogP contribution in [0.5, 0.6) is 0 Å². The third-order valence-electron chi connectivity index (χ3n) is 3.57. The van der Waals surface area contributed by atoms with Crippen molar-refractivity contribution in [3.05, 3.63) is 11.7 Å². The number of thioether (sulfide) groups is 1. The SMILES string of the molecule is COC1(c2noc(CSCC#N)n2)CCCCCC1. The highest BCUT2D eigenvalue weighted by Crippen LogP contribution is 2.37. The van der Waals surface area contributed by atoms with E-state index in [4.69, 9.17) is 14.5 Å². The van der Waals surface area contributed by atoms with E-state index in [1.165, 1.54) is 24.6 Å². The summed E-state index contributed by atoms with van der Waals surface area (Å²) in [5, 5.41) is 12.6. The van der Waals surface area contributed by atoms with Crippen LogP contribution in [0.4, 0.5) is 0 Å². The third-order valence-corrected chi connectivity index (χ3v) is 4.35. The van der Waals surface area contributed by atoms with Crippen molar-refractivity contribution in [3.63, 3.8) is 0 Å². The fraction of sp³-hybridized carbons (Fsp3) is 0.769. The van der Waals surface area contributed by atoms with Crippen molar-refractivity contribution in [2.24, 2.45) is 0 Å². The third kappa shape index (κ3) is 3.48. The molecule has 0 bridgehead atoms. The molecule has 1 aromatic rings. The summed E-state index contributed by atoms with van der Waals surface area (Å²) in [7, 11) is 1.73. The van der Waals surface area contributed by atoms with Gasteiger partial charge in [-0.1, -0.05) is 30.8 Å². The van der Waals surface area contributed by atoms with Gasteiger partial charge in [0.1, 0.15) is 5.60 Å². The van der Waals surface area contributed by atoms with Gasteiger partial charge >= 0.3 is 0 Å². The molecule has 1 heterocycles. The second kappa shape index (κ2) is 6.92. The van der Waals surface area contributed by atoms with E-state index in [1.54, 1.807) is 7.11 Å². The first kappa shape index (κ1) is 14.4. The highest BCUT2D eigenvalue weighted by molar-refractivity contribution is 7.98. The van der Waals surface area contributed by atoms with E-state index in [0.29, 0.717) is 23.2 Å². The summed E-state index contributed by atoms with van der Waals surface area (Å²) in [6.45, 7) is 0. The zero-order chi connectivity index (χ0) is 13.6. The maximum absolute atomic E-state index is 8.51. The Morgan fingerprint density at radius 1 is 1.37 bits per heavy atom. The predicted octanol–water partition coefficient (Wildman–Crippen LogP) is 3.02. The average molecular weight is 281 g/mol. The molecular formula is C13H19N3O2S. The van der Waals surface area contributed by atoms with E-state index < -0.39 is 0 Å². The number of rotatable bonds is 5. The minimum absolute atomic E-state index is 0.377. The first-order chi connectivity index (χ1) is 9.30. The lowest BCUT2D eigenvalue weighted by atomic mass is 9.93. The number of hydrogen-bond donors (Lipinski definition) is 0. The molecule has 0 atom stereocenters. The summed E-state index contributed by atoms with van der Waals surface area (Å²) in [5.41, 5.74) is -0.377. The van der Waals surface area contributed by atoms with Gasteiger partial charge in [0.2, 0.25) is 11.7 Å². The van der Waals surface area contributed by atoms with E-state index in [-0.39, 0.29) is 5.60 Å². The Morgan fingerprint density at radius 3 is 2.74 bits per heavy atom. The van der Waals surface area contributed by atoms with Crippen LogP contribution < -0.4 is 0 Å². The Kier molecular flexibility index (Phi) is 5.23. The van der Waals surface area contributed by atoms with Crippen molar-refractivity contribution in [2.45, 2.75) is 49.9 Å². The largest absolute Gasteiger partial charge is 0.370 e. The number of nitriles is 1. The highest BCUT2D eigenvalue weighted by atomic mass is 32.2. The van der Waals surface area contributed by atoms with Crippen LogP contribution in [0.3, 0.4) is 0 Å². The van der Waals surface area contributed by atoms with Crippen LogP contribution in [-0.2, 0) is 16.1 Å². The van der Waals surface area contributed by atoms with Gasteiger partial charge in [0, 0.05) is 7.11 Å². The van der Waals surface area contributed by atoms with Gasteiger partial charge in [-0.15, -0.1) is 11.8 Å². The molecule has 0 N–H and O–H groups in total. The molecule has 0 radical (unpaired) electrons. The van der Waals surface area contributed by atoms with Crippen molar-refractivity contribution < 1.29 is 9.26 Å². The number of methoxy groups -OCH3 is 1. The molecule has 0 unspecified atom stereocenters. The van der Waals surface area contributed by atoms with Crippen molar-refractivity contribution in [1.82, 2.24) is 10.1 Å². The second-order valence-electron chi connectivity index (χ2n) is 4.78. The normalized spacial score (nSPS) is 18.7. The van der Waals surface area contributed by atoms with Gasteiger partial charge in [0.15, 0.2) is 0 Å². The molecule has 0 aliphatic heterocycles. The molecule has 1 aliphatic rings. The van der Waals surface area contributed by atoms with Gasteiger partial charge in [-0.05, 0) is 12.8 Å². The van der Waals surface area contributed by atoms with Crippen LogP contribution in [0.2, 0.25) is 0 Å². The molecule has 2 rings (SSSR count). The Labute approximate surface area is 117 Å². The molecular weight excluding hydrogens is 262 g/mol. The summed E-state index contributed by atoms with van der Waals surface area (Å²) in [6.07, 6.45) is 6.67. The zero-order valence-corrected chi connectivity index (χ0v) is 12.0. The fourth-order valence-electron chi connectivity index (χ4n) is 2.50. The van der Waals surface area contributed by atoms with Crippen molar-refractivity contribution in [3.8, 4) is 6.07 Å². The molecule has 19 heavy (non-hydrogen) atoms. The molecule has 1 aliphatic carbocycles. The smallest absolute Gasteiger partial charge is 0.236 e. The van der Waals surface area contributed by atoms with E-state index in [9.17, 15) is 0 Å². The molecule has 0 spiro atoms. The van der Waals surface area contributed by atoms with E-state index in [2.05, 4.69) is 16.2 Å². The fourth-order valence-corrected chi connectivity index (χ4v) is 2.99. The quantitative estimate of drug-likeness (QED) is 0.610. The minimum Gasteiger partial charge on any atom is -0.370 e. The summed E-state index contributed by atoms with van der Waals surface area (Å²) >= 11 is 1.48. The van der Waals surface area contributed by atoms with Crippen LogP contribution in [0.1, 0.15) is 50.2 Å². The zero-order valence-electron chi connectivity index (χ0n) is 11.2. The lowest BCUT2D eigenvalue weighted by Gasteiger charge is -2.27. The first-order valence-electron chi connectivity index (χ1n) is 6.64. The second-order valence-corrected chi connectivity index (χ2v) is 5.76. The lowest BCUT2D eigenvalue weighted by Crippen LogP contribution is -2.29. The van der Waals surface area contributed by atoms with E-state index in [1.807, 2.05) is 0 Å². The van der Waals surface area contributed by atoms with Crippen LogP contribution in [0, 0.1) is 11.3 Å². The van der Waals surface area contributed by atoms with Gasteiger partial charge in [-0.25, -0.2) is 0 Å². The van der Waals surface area contributed by atoms with Crippen molar-refractivity contribution >= 4 is 11.8 Å². The van der Waals surface area contributed by atoms with E-state index >= 15 is 0 Å². The van der Waals surface area contributed by atoms with E-state index in [0.717, 1.165) is 25.7 Å². The van der Waals surface area contributed by atoms with Crippen LogP contribution in [0.15, 0.2) is 4.52 Å². The molecule has 1 fully saturated rings. The number of hydrogen-bond acceptors (Lipinski definition) is 6. The highest BCUT2D eigenvalue weighted by Gasteiger charge is 2.37. The molecule has 6 heteroatoms. The summed E-state index contributed by atoms with van der Waals surface area (Å²) in [6, 6.07) is 2.08. The van der Waals surface area contributed by atoms with Crippen molar-refractivity contribution in [2.75, 3.05) is 12.9 Å². The Morgan fingerprint density at radius 2 is 2.11 bits per heavy atom. The molecule has 104 valence electrons. The average Bonchev–Trinajstić information content (AvgIpc) is 2.77. The van der Waals surface area contributed by atoms with Gasteiger partial charge in [-0.2, -0.15) is 10.2 Å². The molecule has 0 aromatic carbocycles. The van der Waals surface area contributed by atoms with Gasteiger partial charge < -0.3 is 9.26 Å². The van der Waals surface area contributed by atoms with Crippen LogP contribution in [0.25, 0.3) is 0 Å². The molecule has 1 saturated carbocycles. The molecule has 0 amide bonds. The monoisotopic (exact) mass is 281 g/mol. The van der Waals surface area contributed by atoms with Gasteiger partial charge in [-0.3, -0.25) is 0 Å². The molecule has 1 aromatic heterocycles. The summed E-state index contributed by atoms with van der Waals surface area (Å²) in [5.74, 6) is 2.27. The Hall–Kier alpha value is -1.06. The standard InChI is InChI=1S/C13H19N3O2S/c1-17-13(6-4-2-3-5-7-13)12-15-11(18-16-12)10-19-9-8-14/h2-7,9-10H2,1H3.